The van der Waals surface area contributed by atoms with Gasteiger partial charge in [0.15, 0.2) is 0 Å². The van der Waals surface area contributed by atoms with Gasteiger partial charge in [-0.2, -0.15) is 0 Å². The van der Waals surface area contributed by atoms with Crippen LogP contribution in [0.4, 0.5) is 0 Å². The molecule has 0 nitrogen and oxygen atoms in total. The van der Waals surface area contributed by atoms with Crippen LogP contribution < -0.4 is 5.30 Å². The predicted octanol–water partition coefficient (Wildman–Crippen LogP) is 11.9. The van der Waals surface area contributed by atoms with E-state index in [9.17, 15) is 0 Å². The Bertz CT molecular complexity index is 688. The van der Waals surface area contributed by atoms with Crippen molar-refractivity contribution >= 4 is 20.0 Å². The fourth-order valence-electron chi connectivity index (χ4n) is 4.43. The molecule has 0 aromatic heterocycles. The maximum absolute atomic E-state index is 4.36. The number of hydrogen-bond donors (Lipinski definition) is 0. The summed E-state index contributed by atoms with van der Waals surface area (Å²) in [6.07, 6.45) is 22.4. The van der Waals surface area contributed by atoms with Crippen molar-refractivity contribution in [2.24, 2.45) is 11.8 Å². The molecule has 2 aliphatic rings. The van der Waals surface area contributed by atoms with Crippen LogP contribution >= 0.6 is 8.58 Å². The van der Waals surface area contributed by atoms with Crippen LogP contribution in [-0.4, -0.2) is 0 Å². The minimum Gasteiger partial charge on any atom is -0.103 e. The fourth-order valence-corrected chi connectivity index (χ4v) is 5.65. The van der Waals surface area contributed by atoms with E-state index in [4.69, 9.17) is 0 Å². The Hall–Kier alpha value is -1.39. The molecule has 35 heavy (non-hydrogen) atoms. The van der Waals surface area contributed by atoms with Gasteiger partial charge in [0.25, 0.3) is 0 Å². The van der Waals surface area contributed by atoms with Crippen molar-refractivity contribution in [3.63, 3.8) is 0 Å². The van der Waals surface area contributed by atoms with Gasteiger partial charge in [0.1, 0.15) is 0 Å². The van der Waals surface area contributed by atoms with Crippen LogP contribution in [-0.2, 0) is 0 Å². The molecule has 0 amide bonds. The monoisotopic (exact) mass is 498 g/mol. The standard InChI is InChI=1S/C19H23P.C8H18.C3H6.2C2H6/c1-3-6-16-7-4-5-8-19(16)20-14(2)11-18-13-15-9-10-17(18)12-15;1-3-5-7-8-6-4-2;1-3-2;2*1-2/h3-8,10,15,18,20H,2,9,11-13H2,1H3;3-8H2,1-2H3;3H,1H2,2H3;2*1-2H3/b6-3-;;;;. The molecule has 1 aromatic carbocycles. The van der Waals surface area contributed by atoms with Crippen LogP contribution in [0.1, 0.15) is 125 Å². The van der Waals surface area contributed by atoms with Crippen LogP contribution in [0.15, 0.2) is 66.5 Å². The third-order valence-corrected chi connectivity index (χ3v) is 7.23. The number of hydrogen-bond acceptors (Lipinski definition) is 0. The third kappa shape index (κ3) is 16.8. The molecule has 0 saturated heterocycles. The topological polar surface area (TPSA) is 0 Å². The maximum Gasteiger partial charge on any atom is -0.0158 e. The molecule has 1 heteroatoms. The average Bonchev–Trinajstić information content (AvgIpc) is 3.50. The highest BCUT2D eigenvalue weighted by atomic mass is 31.1. The Labute approximate surface area is 223 Å². The van der Waals surface area contributed by atoms with Crippen molar-refractivity contribution in [2.75, 3.05) is 0 Å². The molecule has 0 N–H and O–H groups in total. The molecule has 200 valence electrons. The van der Waals surface area contributed by atoms with Crippen LogP contribution in [0.2, 0.25) is 0 Å². The van der Waals surface area contributed by atoms with E-state index in [1.807, 2.05) is 34.6 Å². The normalized spacial score (nSPS) is 17.2. The second kappa shape index (κ2) is 25.7. The van der Waals surface area contributed by atoms with Crippen LogP contribution in [0.25, 0.3) is 6.08 Å². The van der Waals surface area contributed by atoms with Crippen molar-refractivity contribution in [3.8, 4) is 0 Å². The van der Waals surface area contributed by atoms with E-state index < -0.39 is 0 Å². The molecule has 1 saturated carbocycles. The summed E-state index contributed by atoms with van der Waals surface area (Å²) in [5.74, 6) is 1.77. The first-order chi connectivity index (χ1) is 17.1. The summed E-state index contributed by atoms with van der Waals surface area (Å²) in [6.45, 7) is 24.2. The molecular weight excluding hydrogens is 439 g/mol. The van der Waals surface area contributed by atoms with E-state index in [-0.39, 0.29) is 0 Å². The lowest BCUT2D eigenvalue weighted by Crippen LogP contribution is -2.04. The second-order valence-corrected chi connectivity index (χ2v) is 10.4. The minimum absolute atomic E-state index is 0.747. The molecule has 3 rings (SSSR count). The number of allylic oxidation sites excluding steroid dienone is 5. The highest BCUT2D eigenvalue weighted by molar-refractivity contribution is 7.51. The van der Waals surface area contributed by atoms with E-state index in [1.165, 1.54) is 80.4 Å². The molecule has 1 fully saturated rings. The Morgan fingerprint density at radius 1 is 0.971 bits per heavy atom. The van der Waals surface area contributed by atoms with Gasteiger partial charge in [0, 0.05) is 0 Å². The van der Waals surface area contributed by atoms with E-state index in [1.54, 1.807) is 11.6 Å². The van der Waals surface area contributed by atoms with Gasteiger partial charge >= 0.3 is 0 Å². The molecular formula is C34H59P. The van der Waals surface area contributed by atoms with Crippen molar-refractivity contribution in [1.29, 1.82) is 0 Å². The molecule has 0 aliphatic heterocycles. The van der Waals surface area contributed by atoms with Gasteiger partial charge in [0.2, 0.25) is 0 Å². The number of unbranched alkanes of at least 4 members (excludes halogenated alkanes) is 5. The smallest absolute Gasteiger partial charge is 0.0158 e. The zero-order valence-electron chi connectivity index (χ0n) is 24.8. The highest BCUT2D eigenvalue weighted by Crippen LogP contribution is 2.47. The highest BCUT2D eigenvalue weighted by Gasteiger charge is 2.32. The van der Waals surface area contributed by atoms with Crippen molar-refractivity contribution < 1.29 is 0 Å². The predicted molar refractivity (Wildman–Crippen MR) is 169 cm³/mol. The van der Waals surface area contributed by atoms with Gasteiger partial charge in [0.05, 0.1) is 0 Å². The number of fused-ring (bicyclic) bond motifs is 2. The second-order valence-electron chi connectivity index (χ2n) is 8.86. The van der Waals surface area contributed by atoms with Gasteiger partial charge in [-0.3, -0.25) is 0 Å². The Morgan fingerprint density at radius 3 is 2.00 bits per heavy atom. The SMILES string of the molecule is C=C(CC1CC2CC=C1C2)Pc1ccccc1/C=C\C.C=CC.CC.CC.CCCCCCCC. The molecule has 3 atom stereocenters. The van der Waals surface area contributed by atoms with Crippen molar-refractivity contribution in [2.45, 2.75) is 120 Å². The van der Waals surface area contributed by atoms with Crippen LogP contribution in [0.5, 0.6) is 0 Å². The summed E-state index contributed by atoms with van der Waals surface area (Å²) >= 11 is 0. The van der Waals surface area contributed by atoms with E-state index in [0.29, 0.717) is 0 Å². The van der Waals surface area contributed by atoms with Gasteiger partial charge in [-0.15, -0.1) is 6.58 Å². The molecule has 2 aliphatic carbocycles. The van der Waals surface area contributed by atoms with Gasteiger partial charge < -0.3 is 0 Å². The minimum atomic E-state index is 0.747. The lowest BCUT2D eigenvalue weighted by Gasteiger charge is -2.17. The zero-order chi connectivity index (χ0) is 26.9. The third-order valence-electron chi connectivity index (χ3n) is 5.95. The molecule has 0 radical (unpaired) electrons. The van der Waals surface area contributed by atoms with E-state index >= 15 is 0 Å². The maximum atomic E-state index is 4.36. The molecule has 3 unspecified atom stereocenters. The number of rotatable bonds is 10. The Balaban J connectivity index is 0. The number of benzene rings is 1. The summed E-state index contributed by atoms with van der Waals surface area (Å²) in [5, 5.41) is 2.85. The Morgan fingerprint density at radius 2 is 1.54 bits per heavy atom. The van der Waals surface area contributed by atoms with E-state index in [2.05, 4.69) is 76.4 Å². The largest absolute Gasteiger partial charge is 0.103 e. The first kappa shape index (κ1) is 35.8. The summed E-state index contributed by atoms with van der Waals surface area (Å²) < 4.78 is 0. The lowest BCUT2D eigenvalue weighted by atomic mass is 9.93. The first-order valence-corrected chi connectivity index (χ1v) is 15.5. The summed E-state index contributed by atoms with van der Waals surface area (Å²) in [6, 6.07) is 8.71. The zero-order valence-corrected chi connectivity index (χ0v) is 25.8. The Kier molecular flexibility index (Phi) is 26.3. The first-order valence-electron chi connectivity index (χ1n) is 14.5. The van der Waals surface area contributed by atoms with E-state index in [0.717, 1.165) is 20.4 Å². The molecule has 0 heterocycles. The quantitative estimate of drug-likeness (QED) is 0.171. The fraction of sp³-hybridized carbons (Fsp3) is 0.588. The molecule has 1 aromatic rings. The lowest BCUT2D eigenvalue weighted by molar-refractivity contribution is 0.494. The summed E-state index contributed by atoms with van der Waals surface area (Å²) in [7, 11) is 0.747. The summed E-state index contributed by atoms with van der Waals surface area (Å²) in [5.41, 5.74) is 3.07. The molecule has 2 bridgehead atoms. The van der Waals surface area contributed by atoms with Crippen LogP contribution in [0, 0.1) is 11.8 Å². The summed E-state index contributed by atoms with van der Waals surface area (Å²) in [4.78, 5) is 0. The van der Waals surface area contributed by atoms with Gasteiger partial charge in [-0.05, 0) is 62.2 Å². The van der Waals surface area contributed by atoms with Crippen LogP contribution in [0.3, 0.4) is 0 Å². The average molecular weight is 499 g/mol. The van der Waals surface area contributed by atoms with Crippen molar-refractivity contribution in [1.82, 2.24) is 0 Å². The van der Waals surface area contributed by atoms with Gasteiger partial charge in [-0.25, -0.2) is 0 Å². The molecule has 0 spiro atoms. The van der Waals surface area contributed by atoms with Crippen molar-refractivity contribution in [3.05, 3.63) is 72.1 Å². The van der Waals surface area contributed by atoms with Gasteiger partial charge in [-0.1, -0.05) is 155 Å².